The van der Waals surface area contributed by atoms with Gasteiger partial charge in [-0.3, -0.25) is 0 Å². The van der Waals surface area contributed by atoms with Gasteiger partial charge in [0, 0.05) is 13.5 Å². The van der Waals surface area contributed by atoms with Crippen LogP contribution < -0.4 is 0 Å². The normalized spacial score (nSPS) is 14.8. The van der Waals surface area contributed by atoms with Gasteiger partial charge in [-0.25, -0.2) is 0 Å². The summed E-state index contributed by atoms with van der Waals surface area (Å²) in [6, 6.07) is 0. The minimum absolute atomic E-state index is 0.358. The largest absolute Gasteiger partial charge is 0.332 e. The second-order valence-corrected chi connectivity index (χ2v) is 4.30. The first-order valence-corrected chi connectivity index (χ1v) is 4.86. The fraction of sp³-hybridized carbons (Fsp3) is 1.00. The average Bonchev–Trinajstić information content (AvgIpc) is 1.95. The van der Waals surface area contributed by atoms with Crippen molar-refractivity contribution >= 4 is 0 Å². The van der Waals surface area contributed by atoms with Gasteiger partial charge in [-0.1, -0.05) is 19.8 Å². The lowest BCUT2D eigenvalue weighted by Crippen LogP contribution is -2.46. The molecule has 2 nitrogen and oxygen atoms in total. The van der Waals surface area contributed by atoms with Crippen molar-refractivity contribution in [1.29, 1.82) is 0 Å². The molecule has 2 heteroatoms. The molecule has 0 spiro atoms. The second-order valence-electron chi connectivity index (χ2n) is 4.30. The van der Waals surface area contributed by atoms with Gasteiger partial charge in [0.05, 0.1) is 21.1 Å². The SMILES string of the molecule is CCCCCC(OC)[N+](C)(C)C. The predicted octanol–water partition coefficient (Wildman–Crippen LogP) is 2.25. The van der Waals surface area contributed by atoms with Crippen molar-refractivity contribution in [2.75, 3.05) is 28.3 Å². The molecular weight excluding hydrogens is 150 g/mol. The molecule has 1 unspecified atom stereocenters. The summed E-state index contributed by atoms with van der Waals surface area (Å²) in [4.78, 5) is 0. The molecule has 74 valence electrons. The molecule has 0 bridgehead atoms. The minimum Gasteiger partial charge on any atom is -0.332 e. The Morgan fingerprint density at radius 1 is 1.17 bits per heavy atom. The summed E-state index contributed by atoms with van der Waals surface area (Å²) >= 11 is 0. The summed E-state index contributed by atoms with van der Waals surface area (Å²) in [5.41, 5.74) is 0. The average molecular weight is 174 g/mol. The van der Waals surface area contributed by atoms with Crippen LogP contribution in [0.5, 0.6) is 0 Å². The van der Waals surface area contributed by atoms with Crippen LogP contribution in [-0.2, 0) is 4.74 Å². The standard InChI is InChI=1S/C10H24NO/c1-6-7-8-9-10(12-5)11(2,3)4/h10H,6-9H2,1-5H3/q+1. The van der Waals surface area contributed by atoms with E-state index >= 15 is 0 Å². The molecule has 0 rings (SSSR count). The van der Waals surface area contributed by atoms with Crippen molar-refractivity contribution in [2.24, 2.45) is 0 Å². The van der Waals surface area contributed by atoms with E-state index in [4.69, 9.17) is 4.74 Å². The van der Waals surface area contributed by atoms with Gasteiger partial charge in [0.15, 0.2) is 6.23 Å². The van der Waals surface area contributed by atoms with Gasteiger partial charge >= 0.3 is 0 Å². The Hall–Kier alpha value is -0.0800. The van der Waals surface area contributed by atoms with Crippen LogP contribution in [0.4, 0.5) is 0 Å². The highest BCUT2D eigenvalue weighted by atomic mass is 16.5. The molecule has 0 saturated carbocycles. The fourth-order valence-corrected chi connectivity index (χ4v) is 1.39. The van der Waals surface area contributed by atoms with Crippen LogP contribution in [0.3, 0.4) is 0 Å². The van der Waals surface area contributed by atoms with Crippen molar-refractivity contribution in [3.8, 4) is 0 Å². The fourth-order valence-electron chi connectivity index (χ4n) is 1.39. The third-order valence-electron chi connectivity index (χ3n) is 2.19. The van der Waals surface area contributed by atoms with Crippen LogP contribution in [0.25, 0.3) is 0 Å². The first kappa shape index (κ1) is 11.9. The van der Waals surface area contributed by atoms with Crippen LogP contribution in [0.1, 0.15) is 32.6 Å². The molecule has 0 aliphatic heterocycles. The van der Waals surface area contributed by atoms with E-state index in [-0.39, 0.29) is 0 Å². The molecule has 0 heterocycles. The molecule has 0 radical (unpaired) electrons. The zero-order chi connectivity index (χ0) is 9.61. The van der Waals surface area contributed by atoms with E-state index in [1.807, 2.05) is 0 Å². The molecule has 0 aromatic carbocycles. The minimum atomic E-state index is 0.358. The Bertz CT molecular complexity index is 107. The second kappa shape index (κ2) is 5.55. The van der Waals surface area contributed by atoms with Gasteiger partial charge in [0.2, 0.25) is 0 Å². The third-order valence-corrected chi connectivity index (χ3v) is 2.19. The van der Waals surface area contributed by atoms with Gasteiger partial charge in [-0.05, 0) is 6.42 Å². The van der Waals surface area contributed by atoms with Crippen LogP contribution in [-0.4, -0.2) is 39.0 Å². The van der Waals surface area contributed by atoms with Gasteiger partial charge in [0.1, 0.15) is 0 Å². The Kier molecular flexibility index (Phi) is 5.51. The molecule has 0 amide bonds. The van der Waals surface area contributed by atoms with Gasteiger partial charge in [0.25, 0.3) is 0 Å². The first-order chi connectivity index (χ1) is 5.52. The van der Waals surface area contributed by atoms with Crippen molar-refractivity contribution in [3.05, 3.63) is 0 Å². The molecule has 0 aromatic heterocycles. The zero-order valence-corrected chi connectivity index (χ0v) is 9.26. The molecule has 0 saturated heterocycles. The highest BCUT2D eigenvalue weighted by molar-refractivity contribution is 4.45. The predicted molar refractivity (Wildman–Crippen MR) is 53.0 cm³/mol. The number of hydrogen-bond donors (Lipinski definition) is 0. The topological polar surface area (TPSA) is 9.23 Å². The maximum Gasteiger partial charge on any atom is 0.192 e. The lowest BCUT2D eigenvalue weighted by atomic mass is 10.2. The number of nitrogens with zero attached hydrogens (tertiary/aromatic N) is 1. The molecule has 0 aliphatic carbocycles. The van der Waals surface area contributed by atoms with Gasteiger partial charge < -0.3 is 9.22 Å². The summed E-state index contributed by atoms with van der Waals surface area (Å²) in [6.45, 7) is 2.23. The van der Waals surface area contributed by atoms with Crippen molar-refractivity contribution in [2.45, 2.75) is 38.8 Å². The first-order valence-electron chi connectivity index (χ1n) is 4.86. The summed E-state index contributed by atoms with van der Waals surface area (Å²) < 4.78 is 6.34. The highest BCUT2D eigenvalue weighted by Crippen LogP contribution is 2.12. The lowest BCUT2D eigenvalue weighted by molar-refractivity contribution is -0.919. The van der Waals surface area contributed by atoms with Crippen LogP contribution >= 0.6 is 0 Å². The van der Waals surface area contributed by atoms with Crippen LogP contribution in [0, 0.1) is 0 Å². The van der Waals surface area contributed by atoms with Gasteiger partial charge in [-0.15, -0.1) is 0 Å². The molecule has 0 aromatic rings. The van der Waals surface area contributed by atoms with Crippen molar-refractivity contribution in [1.82, 2.24) is 0 Å². The van der Waals surface area contributed by atoms with E-state index in [0.29, 0.717) is 6.23 Å². The van der Waals surface area contributed by atoms with E-state index in [2.05, 4.69) is 28.1 Å². The number of methoxy groups -OCH3 is 1. The summed E-state index contributed by atoms with van der Waals surface area (Å²) in [5.74, 6) is 0. The Morgan fingerprint density at radius 3 is 2.08 bits per heavy atom. The monoisotopic (exact) mass is 174 g/mol. The third kappa shape index (κ3) is 4.73. The maximum atomic E-state index is 5.43. The Balaban J connectivity index is 3.68. The number of rotatable bonds is 6. The van der Waals surface area contributed by atoms with Gasteiger partial charge in [-0.2, -0.15) is 0 Å². The van der Waals surface area contributed by atoms with E-state index in [1.54, 1.807) is 7.11 Å². The highest BCUT2D eigenvalue weighted by Gasteiger charge is 2.21. The molecule has 1 atom stereocenters. The quantitative estimate of drug-likeness (QED) is 0.341. The molecule has 12 heavy (non-hydrogen) atoms. The smallest absolute Gasteiger partial charge is 0.192 e. The molecule has 0 aliphatic rings. The Labute approximate surface area is 77.1 Å². The van der Waals surface area contributed by atoms with E-state index in [0.717, 1.165) is 4.48 Å². The molecule has 0 N–H and O–H groups in total. The molecule has 0 fully saturated rings. The summed E-state index contributed by atoms with van der Waals surface area (Å²) in [6.07, 6.45) is 5.42. The lowest BCUT2D eigenvalue weighted by Gasteiger charge is -2.32. The van der Waals surface area contributed by atoms with E-state index in [1.165, 1.54) is 25.7 Å². The van der Waals surface area contributed by atoms with E-state index in [9.17, 15) is 0 Å². The van der Waals surface area contributed by atoms with Crippen LogP contribution in [0.2, 0.25) is 0 Å². The number of unbranched alkanes of at least 4 members (excludes halogenated alkanes) is 2. The summed E-state index contributed by atoms with van der Waals surface area (Å²) in [7, 11) is 8.35. The number of hydrogen-bond acceptors (Lipinski definition) is 1. The number of ether oxygens (including phenoxy) is 1. The zero-order valence-electron chi connectivity index (χ0n) is 9.26. The van der Waals surface area contributed by atoms with Crippen molar-refractivity contribution in [3.63, 3.8) is 0 Å². The van der Waals surface area contributed by atoms with Crippen molar-refractivity contribution < 1.29 is 9.22 Å². The van der Waals surface area contributed by atoms with E-state index < -0.39 is 0 Å². The molecular formula is C10H24NO+. The maximum absolute atomic E-state index is 5.43. The Morgan fingerprint density at radius 2 is 1.75 bits per heavy atom. The number of quaternary nitrogens is 1. The van der Waals surface area contributed by atoms with Crippen LogP contribution in [0.15, 0.2) is 0 Å². The summed E-state index contributed by atoms with van der Waals surface area (Å²) in [5, 5.41) is 0.